The van der Waals surface area contributed by atoms with Crippen LogP contribution in [0.15, 0.2) is 18.2 Å². The van der Waals surface area contributed by atoms with Crippen molar-refractivity contribution in [2.75, 3.05) is 31.7 Å². The van der Waals surface area contributed by atoms with Gasteiger partial charge in [-0.2, -0.15) is 0 Å². The van der Waals surface area contributed by atoms with Crippen LogP contribution < -0.4 is 20.5 Å². The predicted octanol–water partition coefficient (Wildman–Crippen LogP) is 0.387. The number of hydrogen-bond acceptors (Lipinski definition) is 5. The number of rotatable bonds is 3. The maximum atomic E-state index is 11.9. The van der Waals surface area contributed by atoms with Crippen molar-refractivity contribution in [3.05, 3.63) is 18.2 Å². The number of ether oxygens (including phenoxy) is 2. The Morgan fingerprint density at radius 2 is 2.26 bits per heavy atom. The van der Waals surface area contributed by atoms with E-state index in [9.17, 15) is 4.79 Å². The molecular formula is C13H17N3O3. The smallest absolute Gasteiger partial charge is 0.238 e. The minimum Gasteiger partial charge on any atom is -0.454 e. The number of benzene rings is 1. The van der Waals surface area contributed by atoms with Gasteiger partial charge in [0.25, 0.3) is 0 Å². The minimum atomic E-state index is -0.0343. The molecule has 0 aliphatic carbocycles. The molecule has 19 heavy (non-hydrogen) atoms. The molecule has 1 atom stereocenters. The van der Waals surface area contributed by atoms with Gasteiger partial charge in [0.2, 0.25) is 12.7 Å². The van der Waals surface area contributed by atoms with E-state index >= 15 is 0 Å². The van der Waals surface area contributed by atoms with Gasteiger partial charge in [0.1, 0.15) is 0 Å². The maximum Gasteiger partial charge on any atom is 0.238 e. The summed E-state index contributed by atoms with van der Waals surface area (Å²) in [5.41, 5.74) is 6.53. The van der Waals surface area contributed by atoms with E-state index < -0.39 is 0 Å². The highest BCUT2D eigenvalue weighted by Crippen LogP contribution is 2.34. The van der Waals surface area contributed by atoms with Gasteiger partial charge >= 0.3 is 0 Å². The van der Waals surface area contributed by atoms with Crippen LogP contribution in [0.3, 0.4) is 0 Å². The number of amides is 1. The zero-order chi connectivity index (χ0) is 13.2. The normalized spacial score (nSPS) is 21.6. The van der Waals surface area contributed by atoms with Gasteiger partial charge < -0.3 is 20.5 Å². The van der Waals surface area contributed by atoms with Crippen LogP contribution in [-0.4, -0.2) is 43.3 Å². The molecule has 1 saturated heterocycles. The number of fused-ring (bicyclic) bond motifs is 1. The largest absolute Gasteiger partial charge is 0.454 e. The van der Waals surface area contributed by atoms with Crippen molar-refractivity contribution in [1.29, 1.82) is 0 Å². The molecule has 1 aromatic carbocycles. The highest BCUT2D eigenvalue weighted by molar-refractivity contribution is 5.92. The van der Waals surface area contributed by atoms with E-state index in [0.717, 1.165) is 25.2 Å². The van der Waals surface area contributed by atoms with Crippen molar-refractivity contribution in [3.63, 3.8) is 0 Å². The first-order valence-corrected chi connectivity index (χ1v) is 6.38. The van der Waals surface area contributed by atoms with E-state index in [4.69, 9.17) is 15.2 Å². The van der Waals surface area contributed by atoms with Crippen molar-refractivity contribution in [2.24, 2.45) is 5.73 Å². The van der Waals surface area contributed by atoms with Gasteiger partial charge in [-0.1, -0.05) is 0 Å². The van der Waals surface area contributed by atoms with Crippen LogP contribution >= 0.6 is 0 Å². The van der Waals surface area contributed by atoms with Crippen LogP contribution in [0.4, 0.5) is 5.69 Å². The second kappa shape index (κ2) is 5.07. The molecule has 0 saturated carbocycles. The predicted molar refractivity (Wildman–Crippen MR) is 70.2 cm³/mol. The molecule has 3 rings (SSSR count). The van der Waals surface area contributed by atoms with Crippen molar-refractivity contribution in [3.8, 4) is 11.5 Å². The molecule has 0 aromatic heterocycles. The molecule has 6 nitrogen and oxygen atoms in total. The SMILES string of the molecule is N[C@H]1CCN(CC(=O)Nc2ccc3c(c2)OCO3)C1. The third-order valence-electron chi connectivity index (χ3n) is 3.33. The average molecular weight is 263 g/mol. The number of hydrogen-bond donors (Lipinski definition) is 2. The lowest BCUT2D eigenvalue weighted by Gasteiger charge is -2.14. The number of carbonyl (C=O) groups excluding carboxylic acids is 1. The van der Waals surface area contributed by atoms with Crippen LogP contribution in [0.1, 0.15) is 6.42 Å². The summed E-state index contributed by atoms with van der Waals surface area (Å²) >= 11 is 0. The van der Waals surface area contributed by atoms with E-state index in [-0.39, 0.29) is 18.7 Å². The standard InChI is InChI=1S/C13H17N3O3/c14-9-3-4-16(6-9)7-13(17)15-10-1-2-11-12(5-10)19-8-18-11/h1-2,5,9H,3-4,6-8,14H2,(H,15,17)/t9-/m0/s1. The van der Waals surface area contributed by atoms with Crippen molar-refractivity contribution < 1.29 is 14.3 Å². The Morgan fingerprint density at radius 3 is 3.05 bits per heavy atom. The number of carbonyl (C=O) groups is 1. The van der Waals surface area contributed by atoms with Crippen molar-refractivity contribution in [2.45, 2.75) is 12.5 Å². The summed E-state index contributed by atoms with van der Waals surface area (Å²) in [4.78, 5) is 14.0. The molecule has 0 radical (unpaired) electrons. The summed E-state index contributed by atoms with van der Waals surface area (Å²) in [5, 5.41) is 2.86. The Hall–Kier alpha value is -1.79. The van der Waals surface area contributed by atoms with Gasteiger partial charge in [0.15, 0.2) is 11.5 Å². The van der Waals surface area contributed by atoms with Gasteiger partial charge in [-0.25, -0.2) is 0 Å². The third-order valence-corrected chi connectivity index (χ3v) is 3.33. The molecule has 102 valence electrons. The van der Waals surface area contributed by atoms with Crippen LogP contribution in [-0.2, 0) is 4.79 Å². The van der Waals surface area contributed by atoms with E-state index in [1.54, 1.807) is 18.2 Å². The van der Waals surface area contributed by atoms with Crippen molar-refractivity contribution >= 4 is 11.6 Å². The van der Waals surface area contributed by atoms with Gasteiger partial charge in [-0.3, -0.25) is 9.69 Å². The van der Waals surface area contributed by atoms with Gasteiger partial charge in [-0.15, -0.1) is 0 Å². The summed E-state index contributed by atoms with van der Waals surface area (Å²) in [6, 6.07) is 5.57. The average Bonchev–Trinajstić information content (AvgIpc) is 2.97. The Bertz CT molecular complexity index is 492. The molecule has 2 heterocycles. The summed E-state index contributed by atoms with van der Waals surface area (Å²) in [5.74, 6) is 1.34. The summed E-state index contributed by atoms with van der Waals surface area (Å²) in [7, 11) is 0. The molecule has 0 bridgehead atoms. The minimum absolute atomic E-state index is 0.0343. The van der Waals surface area contributed by atoms with E-state index in [0.29, 0.717) is 18.0 Å². The fraction of sp³-hybridized carbons (Fsp3) is 0.462. The molecule has 0 unspecified atom stereocenters. The maximum absolute atomic E-state index is 11.9. The molecule has 3 N–H and O–H groups in total. The topological polar surface area (TPSA) is 76.8 Å². The highest BCUT2D eigenvalue weighted by atomic mass is 16.7. The quantitative estimate of drug-likeness (QED) is 0.825. The van der Waals surface area contributed by atoms with E-state index in [1.165, 1.54) is 0 Å². The molecule has 2 aliphatic heterocycles. The Labute approximate surface area is 111 Å². The second-order valence-electron chi connectivity index (χ2n) is 4.90. The van der Waals surface area contributed by atoms with Crippen molar-refractivity contribution in [1.82, 2.24) is 4.90 Å². The molecule has 0 spiro atoms. The number of nitrogens with one attached hydrogen (secondary N) is 1. The Morgan fingerprint density at radius 1 is 1.42 bits per heavy atom. The first-order chi connectivity index (χ1) is 9.20. The lowest BCUT2D eigenvalue weighted by molar-refractivity contribution is -0.117. The van der Waals surface area contributed by atoms with Crippen LogP contribution in [0, 0.1) is 0 Å². The lowest BCUT2D eigenvalue weighted by Crippen LogP contribution is -2.33. The zero-order valence-corrected chi connectivity index (χ0v) is 10.6. The van der Waals surface area contributed by atoms with Crippen LogP contribution in [0.25, 0.3) is 0 Å². The van der Waals surface area contributed by atoms with Gasteiger partial charge in [0, 0.05) is 30.9 Å². The number of nitrogens with two attached hydrogens (primary N) is 1. The monoisotopic (exact) mass is 263 g/mol. The Kier molecular flexibility index (Phi) is 3.27. The van der Waals surface area contributed by atoms with E-state index in [2.05, 4.69) is 10.2 Å². The lowest BCUT2D eigenvalue weighted by atomic mass is 10.2. The van der Waals surface area contributed by atoms with Gasteiger partial charge in [0.05, 0.1) is 6.54 Å². The fourth-order valence-electron chi connectivity index (χ4n) is 2.38. The number of anilines is 1. The summed E-state index contributed by atoms with van der Waals surface area (Å²) < 4.78 is 10.5. The summed E-state index contributed by atoms with van der Waals surface area (Å²) in [6.45, 7) is 2.28. The first-order valence-electron chi connectivity index (χ1n) is 6.38. The zero-order valence-electron chi connectivity index (χ0n) is 10.6. The summed E-state index contributed by atoms with van der Waals surface area (Å²) in [6.07, 6.45) is 0.956. The second-order valence-corrected chi connectivity index (χ2v) is 4.90. The molecule has 1 fully saturated rings. The van der Waals surface area contributed by atoms with Gasteiger partial charge in [-0.05, 0) is 18.6 Å². The first kappa shape index (κ1) is 12.3. The van der Waals surface area contributed by atoms with E-state index in [1.807, 2.05) is 0 Å². The van der Waals surface area contributed by atoms with Crippen LogP contribution in [0.2, 0.25) is 0 Å². The number of likely N-dealkylation sites (tertiary alicyclic amines) is 1. The molecule has 2 aliphatic rings. The molecule has 6 heteroatoms. The molecular weight excluding hydrogens is 246 g/mol. The van der Waals surface area contributed by atoms with Crippen LogP contribution in [0.5, 0.6) is 11.5 Å². The molecule has 1 amide bonds. The fourth-order valence-corrected chi connectivity index (χ4v) is 2.38. The number of nitrogens with zero attached hydrogens (tertiary/aromatic N) is 1. The third kappa shape index (κ3) is 2.80. The highest BCUT2D eigenvalue weighted by Gasteiger charge is 2.21. The molecule has 1 aromatic rings. The Balaban J connectivity index is 1.57.